The molecule has 3 heterocycles. The Morgan fingerprint density at radius 2 is 2.08 bits per heavy atom. The lowest BCUT2D eigenvalue weighted by Crippen LogP contribution is -2.40. The van der Waals surface area contributed by atoms with Gasteiger partial charge in [-0.05, 0) is 40.3 Å². The Morgan fingerprint density at radius 3 is 2.88 bits per heavy atom. The van der Waals surface area contributed by atoms with Crippen LogP contribution in [0.1, 0.15) is 21.6 Å². The van der Waals surface area contributed by atoms with Crippen molar-refractivity contribution in [3.63, 3.8) is 0 Å². The van der Waals surface area contributed by atoms with Crippen LogP contribution in [0.2, 0.25) is 0 Å². The molecule has 0 atom stereocenters. The number of hydrogen-bond acceptors (Lipinski definition) is 3. The lowest BCUT2D eigenvalue weighted by molar-refractivity contribution is 0.0302. The molecule has 1 saturated heterocycles. The average Bonchev–Trinajstić information content (AvgIpc) is 3.06. The summed E-state index contributed by atoms with van der Waals surface area (Å²) >= 11 is 2.27. The van der Waals surface area contributed by atoms with Crippen molar-refractivity contribution in [2.75, 3.05) is 26.3 Å². The number of halogens is 1. The van der Waals surface area contributed by atoms with Gasteiger partial charge in [-0.25, -0.2) is 0 Å². The second-order valence-electron chi connectivity index (χ2n) is 6.09. The number of carbonyl (C=O) groups is 1. The normalized spacial score (nSPS) is 14.8. The van der Waals surface area contributed by atoms with E-state index < -0.39 is 0 Å². The number of fused-ring (bicyclic) bond motifs is 1. The van der Waals surface area contributed by atoms with E-state index in [1.807, 2.05) is 29.3 Å². The summed E-state index contributed by atoms with van der Waals surface area (Å²) < 4.78 is 6.32. The van der Waals surface area contributed by atoms with E-state index in [2.05, 4.69) is 44.7 Å². The Morgan fingerprint density at radius 1 is 1.28 bits per heavy atom. The van der Waals surface area contributed by atoms with Crippen molar-refractivity contribution in [3.05, 3.63) is 63.1 Å². The van der Waals surface area contributed by atoms with Crippen LogP contribution in [0.3, 0.4) is 0 Å². The molecular weight excluding hydrogens is 429 g/mol. The Labute approximate surface area is 159 Å². The third-order valence-corrected chi connectivity index (χ3v) is 5.43. The van der Waals surface area contributed by atoms with Gasteiger partial charge in [0.15, 0.2) is 0 Å². The topological polar surface area (TPSA) is 58.2 Å². The molecule has 25 heavy (non-hydrogen) atoms. The van der Waals surface area contributed by atoms with Crippen LogP contribution in [0.15, 0.2) is 42.7 Å². The molecule has 4 rings (SSSR count). The highest BCUT2D eigenvalue weighted by Crippen LogP contribution is 2.23. The van der Waals surface area contributed by atoms with Gasteiger partial charge in [-0.2, -0.15) is 0 Å². The molecule has 1 aliphatic rings. The van der Waals surface area contributed by atoms with Crippen molar-refractivity contribution in [3.8, 4) is 0 Å². The van der Waals surface area contributed by atoms with E-state index in [4.69, 9.17) is 4.74 Å². The number of hydrogen-bond donors (Lipinski definition) is 1. The number of morpholine rings is 1. The highest BCUT2D eigenvalue weighted by molar-refractivity contribution is 14.1. The summed E-state index contributed by atoms with van der Waals surface area (Å²) in [6, 6.07) is 10.2. The summed E-state index contributed by atoms with van der Waals surface area (Å²) in [6.45, 7) is 2.50. The lowest BCUT2D eigenvalue weighted by Gasteiger charge is -2.26. The fourth-order valence-corrected chi connectivity index (χ4v) is 3.79. The van der Waals surface area contributed by atoms with E-state index >= 15 is 0 Å². The number of amides is 1. The first-order valence-electron chi connectivity index (χ1n) is 8.29. The quantitative estimate of drug-likeness (QED) is 0.628. The van der Waals surface area contributed by atoms with Crippen LogP contribution in [0, 0.1) is 3.57 Å². The van der Waals surface area contributed by atoms with Crippen LogP contribution >= 0.6 is 22.6 Å². The van der Waals surface area contributed by atoms with E-state index in [9.17, 15) is 4.79 Å². The number of pyridine rings is 1. The van der Waals surface area contributed by atoms with Gasteiger partial charge in [0, 0.05) is 46.4 Å². The van der Waals surface area contributed by atoms with Crippen molar-refractivity contribution in [2.24, 2.45) is 0 Å². The van der Waals surface area contributed by atoms with Gasteiger partial charge in [-0.3, -0.25) is 9.78 Å². The van der Waals surface area contributed by atoms with Crippen LogP contribution < -0.4 is 0 Å². The van der Waals surface area contributed by atoms with Crippen LogP contribution in [-0.2, 0) is 11.2 Å². The number of aromatic amines is 1. The summed E-state index contributed by atoms with van der Waals surface area (Å²) in [5, 5.41) is 1.22. The smallest absolute Gasteiger partial charge is 0.255 e. The van der Waals surface area contributed by atoms with E-state index in [1.165, 1.54) is 10.9 Å². The number of para-hydroxylation sites is 1. The molecular formula is C19H18IN3O2. The number of nitrogens with one attached hydrogen (secondary N) is 1. The standard InChI is InChI=1S/C19H18IN3O2/c20-16-9-14(19(24)23-5-7-25-8-6-23)12-22-18(16)10-13-11-21-17-4-2-1-3-15(13)17/h1-4,9,11-12,21H,5-8,10H2. The zero-order valence-corrected chi connectivity index (χ0v) is 15.8. The molecule has 0 bridgehead atoms. The minimum atomic E-state index is 0.0346. The number of ether oxygens (including phenoxy) is 1. The zero-order chi connectivity index (χ0) is 17.2. The van der Waals surface area contributed by atoms with E-state index in [0.29, 0.717) is 31.9 Å². The number of rotatable bonds is 3. The Kier molecular flexibility index (Phi) is 4.72. The first-order valence-corrected chi connectivity index (χ1v) is 9.36. The third kappa shape index (κ3) is 3.41. The monoisotopic (exact) mass is 447 g/mol. The number of benzene rings is 1. The maximum atomic E-state index is 12.6. The van der Waals surface area contributed by atoms with Crippen LogP contribution in [-0.4, -0.2) is 47.1 Å². The van der Waals surface area contributed by atoms with Gasteiger partial charge in [-0.1, -0.05) is 18.2 Å². The fraction of sp³-hybridized carbons (Fsp3) is 0.263. The Bertz CT molecular complexity index is 916. The molecule has 0 saturated carbocycles. The van der Waals surface area contributed by atoms with Crippen LogP contribution in [0.5, 0.6) is 0 Å². The number of H-pyrrole nitrogens is 1. The summed E-state index contributed by atoms with van der Waals surface area (Å²) in [5.41, 5.74) is 3.98. The molecule has 5 nitrogen and oxygen atoms in total. The first-order chi connectivity index (χ1) is 12.2. The van der Waals surface area contributed by atoms with E-state index in [0.717, 1.165) is 21.2 Å². The van der Waals surface area contributed by atoms with Gasteiger partial charge in [0.25, 0.3) is 5.91 Å². The van der Waals surface area contributed by atoms with Crippen LogP contribution in [0.25, 0.3) is 10.9 Å². The van der Waals surface area contributed by atoms with Gasteiger partial charge < -0.3 is 14.6 Å². The van der Waals surface area contributed by atoms with E-state index in [-0.39, 0.29) is 5.91 Å². The molecule has 0 radical (unpaired) electrons. The molecule has 6 heteroatoms. The maximum absolute atomic E-state index is 12.6. The maximum Gasteiger partial charge on any atom is 0.255 e. The minimum absolute atomic E-state index is 0.0346. The SMILES string of the molecule is O=C(c1cnc(Cc2c[nH]c3ccccc23)c(I)c1)N1CCOCC1. The molecule has 1 amide bonds. The number of aromatic nitrogens is 2. The Hall–Kier alpha value is -1.93. The summed E-state index contributed by atoms with van der Waals surface area (Å²) in [6.07, 6.45) is 4.48. The van der Waals surface area contributed by atoms with Crippen molar-refractivity contribution >= 4 is 39.4 Å². The molecule has 0 aliphatic carbocycles. The molecule has 1 aliphatic heterocycles. The molecule has 2 aromatic heterocycles. The number of nitrogens with zero attached hydrogens (tertiary/aromatic N) is 2. The summed E-state index contributed by atoms with van der Waals surface area (Å²) in [7, 11) is 0. The predicted octanol–water partition coefficient (Wildman–Crippen LogP) is 3.23. The largest absolute Gasteiger partial charge is 0.378 e. The van der Waals surface area contributed by atoms with Gasteiger partial charge in [-0.15, -0.1) is 0 Å². The second-order valence-corrected chi connectivity index (χ2v) is 7.26. The van der Waals surface area contributed by atoms with E-state index in [1.54, 1.807) is 6.20 Å². The number of carbonyl (C=O) groups excluding carboxylic acids is 1. The molecule has 128 valence electrons. The van der Waals surface area contributed by atoms with Gasteiger partial charge in [0.2, 0.25) is 0 Å². The third-order valence-electron chi connectivity index (χ3n) is 4.50. The molecule has 1 aromatic carbocycles. The molecule has 1 N–H and O–H groups in total. The van der Waals surface area contributed by atoms with Gasteiger partial charge in [0.05, 0.1) is 24.5 Å². The Balaban J connectivity index is 1.56. The highest BCUT2D eigenvalue weighted by Gasteiger charge is 2.20. The van der Waals surface area contributed by atoms with Crippen molar-refractivity contribution < 1.29 is 9.53 Å². The summed E-state index contributed by atoms with van der Waals surface area (Å²) in [5.74, 6) is 0.0346. The molecule has 0 spiro atoms. The molecule has 1 fully saturated rings. The van der Waals surface area contributed by atoms with Gasteiger partial charge >= 0.3 is 0 Å². The highest BCUT2D eigenvalue weighted by atomic mass is 127. The lowest BCUT2D eigenvalue weighted by atomic mass is 10.1. The fourth-order valence-electron chi connectivity index (χ4n) is 3.12. The molecule has 0 unspecified atom stereocenters. The van der Waals surface area contributed by atoms with Crippen molar-refractivity contribution in [1.29, 1.82) is 0 Å². The van der Waals surface area contributed by atoms with Crippen LogP contribution in [0.4, 0.5) is 0 Å². The average molecular weight is 447 g/mol. The predicted molar refractivity (Wildman–Crippen MR) is 105 cm³/mol. The zero-order valence-electron chi connectivity index (χ0n) is 13.7. The first kappa shape index (κ1) is 16.5. The van der Waals surface area contributed by atoms with Gasteiger partial charge in [0.1, 0.15) is 0 Å². The summed E-state index contributed by atoms with van der Waals surface area (Å²) in [4.78, 5) is 22.3. The second kappa shape index (κ2) is 7.13. The van der Waals surface area contributed by atoms with Crippen molar-refractivity contribution in [2.45, 2.75) is 6.42 Å². The minimum Gasteiger partial charge on any atom is -0.378 e. The van der Waals surface area contributed by atoms with Crippen molar-refractivity contribution in [1.82, 2.24) is 14.9 Å². The molecule has 3 aromatic rings.